The van der Waals surface area contributed by atoms with Crippen LogP contribution >= 0.6 is 15.9 Å². The first-order chi connectivity index (χ1) is 9.72. The van der Waals surface area contributed by atoms with Gasteiger partial charge in [0.05, 0.1) is 11.7 Å². The quantitative estimate of drug-likeness (QED) is 0.885. The summed E-state index contributed by atoms with van der Waals surface area (Å²) in [5, 5.41) is 0. The normalized spacial score (nSPS) is 26.2. The van der Waals surface area contributed by atoms with Gasteiger partial charge in [-0.2, -0.15) is 0 Å². The topological polar surface area (TPSA) is 35.2 Å². The van der Waals surface area contributed by atoms with Crippen LogP contribution in [0.15, 0.2) is 28.7 Å². The molecule has 0 radical (unpaired) electrons. The van der Waals surface area contributed by atoms with Gasteiger partial charge in [0.25, 0.3) is 0 Å². The van der Waals surface area contributed by atoms with E-state index < -0.39 is 0 Å². The van der Waals surface area contributed by atoms with Crippen LogP contribution < -0.4 is 5.73 Å². The number of rotatable bonds is 4. The molecular formula is C17H24BrNO. The van der Waals surface area contributed by atoms with Crippen LogP contribution in [0.2, 0.25) is 0 Å². The predicted octanol–water partition coefficient (Wildman–Crippen LogP) is 4.37. The molecule has 2 unspecified atom stereocenters. The second-order valence-corrected chi connectivity index (χ2v) is 7.21. The van der Waals surface area contributed by atoms with E-state index in [0.717, 1.165) is 6.42 Å². The molecule has 1 spiro atoms. The van der Waals surface area contributed by atoms with Gasteiger partial charge in [-0.1, -0.05) is 47.0 Å². The largest absolute Gasteiger partial charge is 0.372 e. The van der Waals surface area contributed by atoms with E-state index in [9.17, 15) is 0 Å². The number of nitrogens with two attached hydrogens (primary N) is 1. The van der Waals surface area contributed by atoms with Crippen molar-refractivity contribution in [2.75, 3.05) is 6.54 Å². The molecule has 2 fully saturated rings. The monoisotopic (exact) mass is 337 g/mol. The Kier molecular flexibility index (Phi) is 4.49. The lowest BCUT2D eigenvalue weighted by atomic mass is 9.91. The van der Waals surface area contributed by atoms with Gasteiger partial charge >= 0.3 is 0 Å². The summed E-state index contributed by atoms with van der Waals surface area (Å²) in [4.78, 5) is 0. The van der Waals surface area contributed by atoms with Crippen molar-refractivity contribution < 1.29 is 4.74 Å². The molecule has 2 nitrogen and oxygen atoms in total. The van der Waals surface area contributed by atoms with E-state index in [1.165, 1.54) is 48.6 Å². The minimum Gasteiger partial charge on any atom is -0.372 e. The highest BCUT2D eigenvalue weighted by atomic mass is 79.9. The lowest BCUT2D eigenvalue weighted by Gasteiger charge is -2.26. The molecule has 2 N–H and O–H groups in total. The van der Waals surface area contributed by atoms with Crippen molar-refractivity contribution in [2.45, 2.75) is 62.6 Å². The lowest BCUT2D eigenvalue weighted by molar-refractivity contribution is -0.0408. The molecule has 1 aliphatic heterocycles. The highest BCUT2D eigenvalue weighted by Crippen LogP contribution is 2.45. The van der Waals surface area contributed by atoms with Gasteiger partial charge in [0.1, 0.15) is 0 Å². The summed E-state index contributed by atoms with van der Waals surface area (Å²) < 4.78 is 7.60. The molecule has 0 bridgehead atoms. The Morgan fingerprint density at radius 2 is 2.00 bits per heavy atom. The van der Waals surface area contributed by atoms with Gasteiger partial charge in [-0.25, -0.2) is 0 Å². The Labute approximate surface area is 130 Å². The third kappa shape index (κ3) is 2.95. The van der Waals surface area contributed by atoms with E-state index in [4.69, 9.17) is 10.5 Å². The SMILES string of the molecule is NCC(CC1CCC2(CCCC2)O1)c1ccccc1Br. The number of ether oxygens (including phenoxy) is 1. The highest BCUT2D eigenvalue weighted by molar-refractivity contribution is 9.10. The zero-order chi connectivity index (χ0) is 14.0. The summed E-state index contributed by atoms with van der Waals surface area (Å²) in [6, 6.07) is 8.44. The second kappa shape index (κ2) is 6.17. The van der Waals surface area contributed by atoms with Crippen molar-refractivity contribution >= 4 is 15.9 Å². The fourth-order valence-electron chi connectivity index (χ4n) is 3.92. The maximum Gasteiger partial charge on any atom is 0.0687 e. The zero-order valence-corrected chi connectivity index (χ0v) is 13.6. The van der Waals surface area contributed by atoms with Crippen molar-refractivity contribution in [3.63, 3.8) is 0 Å². The maximum atomic E-state index is 6.43. The van der Waals surface area contributed by atoms with Crippen LogP contribution in [0.4, 0.5) is 0 Å². The molecular weight excluding hydrogens is 314 g/mol. The van der Waals surface area contributed by atoms with Gasteiger partial charge in [-0.15, -0.1) is 0 Å². The molecule has 2 atom stereocenters. The van der Waals surface area contributed by atoms with Crippen LogP contribution in [0.25, 0.3) is 0 Å². The Morgan fingerprint density at radius 3 is 2.70 bits per heavy atom. The molecule has 1 heterocycles. The third-order valence-corrected chi connectivity index (χ3v) is 5.75. The fourth-order valence-corrected chi connectivity index (χ4v) is 4.53. The Bertz CT molecular complexity index is 456. The highest BCUT2D eigenvalue weighted by Gasteiger charge is 2.42. The number of halogens is 1. The maximum absolute atomic E-state index is 6.43. The van der Waals surface area contributed by atoms with Gasteiger partial charge in [0.2, 0.25) is 0 Å². The smallest absolute Gasteiger partial charge is 0.0687 e. The van der Waals surface area contributed by atoms with E-state index in [-0.39, 0.29) is 5.60 Å². The van der Waals surface area contributed by atoms with Crippen LogP contribution in [0.3, 0.4) is 0 Å². The summed E-state index contributed by atoms with van der Waals surface area (Å²) in [5.74, 6) is 0.395. The van der Waals surface area contributed by atoms with E-state index in [1.54, 1.807) is 0 Å². The van der Waals surface area contributed by atoms with Crippen molar-refractivity contribution in [1.29, 1.82) is 0 Å². The molecule has 0 aromatic heterocycles. The van der Waals surface area contributed by atoms with Crippen molar-refractivity contribution in [3.05, 3.63) is 34.3 Å². The summed E-state index contributed by atoms with van der Waals surface area (Å²) in [6.07, 6.45) is 9.15. The van der Waals surface area contributed by atoms with E-state index >= 15 is 0 Å². The average molecular weight is 338 g/mol. The number of hydrogen-bond donors (Lipinski definition) is 1. The Hall–Kier alpha value is -0.380. The summed E-state index contributed by atoms with van der Waals surface area (Å²) in [6.45, 7) is 0.690. The molecule has 2 aliphatic rings. The van der Waals surface area contributed by atoms with Crippen molar-refractivity contribution in [2.24, 2.45) is 5.73 Å². The first-order valence-electron chi connectivity index (χ1n) is 7.85. The molecule has 1 saturated carbocycles. The van der Waals surface area contributed by atoms with E-state index in [1.807, 2.05) is 0 Å². The molecule has 0 amide bonds. The predicted molar refractivity (Wildman–Crippen MR) is 85.9 cm³/mol. The van der Waals surface area contributed by atoms with E-state index in [0.29, 0.717) is 18.6 Å². The standard InChI is InChI=1S/C17H24BrNO/c18-16-6-2-1-5-15(16)13(12-19)11-14-7-10-17(20-14)8-3-4-9-17/h1-2,5-6,13-14H,3-4,7-12,19H2. The van der Waals surface area contributed by atoms with Gasteiger partial charge in [0.15, 0.2) is 0 Å². The summed E-state index contributed by atoms with van der Waals surface area (Å²) in [7, 11) is 0. The molecule has 1 aromatic carbocycles. The van der Waals surface area contributed by atoms with Gasteiger partial charge in [-0.3, -0.25) is 0 Å². The zero-order valence-electron chi connectivity index (χ0n) is 12.0. The van der Waals surface area contributed by atoms with Gasteiger partial charge in [-0.05, 0) is 56.2 Å². The molecule has 20 heavy (non-hydrogen) atoms. The minimum absolute atomic E-state index is 0.234. The molecule has 1 aromatic rings. The first kappa shape index (κ1) is 14.6. The van der Waals surface area contributed by atoms with Gasteiger partial charge < -0.3 is 10.5 Å². The van der Waals surface area contributed by atoms with Crippen molar-refractivity contribution in [3.8, 4) is 0 Å². The van der Waals surface area contributed by atoms with Crippen LogP contribution in [0.1, 0.15) is 56.4 Å². The fraction of sp³-hybridized carbons (Fsp3) is 0.647. The lowest BCUT2D eigenvalue weighted by Crippen LogP contribution is -2.26. The third-order valence-electron chi connectivity index (χ3n) is 5.03. The van der Waals surface area contributed by atoms with E-state index in [2.05, 4.69) is 40.2 Å². The van der Waals surface area contributed by atoms with Gasteiger partial charge in [0, 0.05) is 4.47 Å². The molecule has 1 saturated heterocycles. The number of benzene rings is 1. The summed E-state index contributed by atoms with van der Waals surface area (Å²) in [5.41, 5.74) is 7.58. The molecule has 1 aliphatic carbocycles. The van der Waals surface area contributed by atoms with Crippen LogP contribution in [-0.2, 0) is 4.74 Å². The van der Waals surface area contributed by atoms with Crippen LogP contribution in [0.5, 0.6) is 0 Å². The molecule has 110 valence electrons. The second-order valence-electron chi connectivity index (χ2n) is 6.36. The molecule has 3 rings (SSSR count). The Balaban J connectivity index is 1.66. The van der Waals surface area contributed by atoms with Crippen LogP contribution in [0, 0.1) is 0 Å². The Morgan fingerprint density at radius 1 is 1.25 bits per heavy atom. The minimum atomic E-state index is 0.234. The number of hydrogen-bond acceptors (Lipinski definition) is 2. The molecule has 3 heteroatoms. The van der Waals surface area contributed by atoms with Crippen molar-refractivity contribution in [1.82, 2.24) is 0 Å². The average Bonchev–Trinajstić information content (AvgIpc) is 3.08. The van der Waals surface area contributed by atoms with Crippen LogP contribution in [-0.4, -0.2) is 18.2 Å². The summed E-state index contributed by atoms with van der Waals surface area (Å²) >= 11 is 3.65. The first-order valence-corrected chi connectivity index (χ1v) is 8.64.